The molecular formula is C29H39N5O7S. The largest absolute Gasteiger partial charge is 0.486 e. The SMILES string of the molecule is Cc1cc(C2CN(C(=O)OC(C)(C)C)C2)cc2c1OCc1c(N3CCS(=O)(=O)CC3)ncnc1N2C(=O)OC(C)(C)C. The van der Waals surface area contributed by atoms with Gasteiger partial charge in [-0.25, -0.2) is 32.9 Å². The lowest BCUT2D eigenvalue weighted by atomic mass is 9.90. The summed E-state index contributed by atoms with van der Waals surface area (Å²) in [6, 6.07) is 3.91. The number of nitrogens with zero attached hydrogens (tertiary/aromatic N) is 5. The third-order valence-corrected chi connectivity index (χ3v) is 8.82. The van der Waals surface area contributed by atoms with Crippen LogP contribution in [0.15, 0.2) is 18.5 Å². The molecule has 5 rings (SSSR count). The van der Waals surface area contributed by atoms with Crippen molar-refractivity contribution in [2.45, 2.75) is 72.2 Å². The molecule has 2 aromatic rings. The summed E-state index contributed by atoms with van der Waals surface area (Å²) >= 11 is 0. The van der Waals surface area contributed by atoms with Gasteiger partial charge in [0.25, 0.3) is 0 Å². The van der Waals surface area contributed by atoms with Gasteiger partial charge in [-0.2, -0.15) is 0 Å². The summed E-state index contributed by atoms with van der Waals surface area (Å²) in [6.45, 7) is 14.4. The lowest BCUT2D eigenvalue weighted by Gasteiger charge is -2.40. The Bertz CT molecular complexity index is 1490. The molecule has 1 aromatic heterocycles. The van der Waals surface area contributed by atoms with E-state index in [9.17, 15) is 18.0 Å². The van der Waals surface area contributed by atoms with E-state index < -0.39 is 27.1 Å². The van der Waals surface area contributed by atoms with Gasteiger partial charge < -0.3 is 24.0 Å². The van der Waals surface area contributed by atoms with Crippen LogP contribution in [-0.2, 0) is 25.9 Å². The molecule has 0 unspecified atom stereocenters. The number of hydrogen-bond acceptors (Lipinski definition) is 10. The molecule has 2 fully saturated rings. The van der Waals surface area contributed by atoms with Crippen LogP contribution in [0.2, 0.25) is 0 Å². The molecule has 4 heterocycles. The number of aryl methyl sites for hydroxylation is 1. The highest BCUT2D eigenvalue weighted by Gasteiger charge is 2.39. The second kappa shape index (κ2) is 10.6. The fourth-order valence-electron chi connectivity index (χ4n) is 5.20. The van der Waals surface area contributed by atoms with Gasteiger partial charge in [-0.3, -0.25) is 0 Å². The van der Waals surface area contributed by atoms with E-state index in [0.29, 0.717) is 41.7 Å². The Labute approximate surface area is 246 Å². The first-order chi connectivity index (χ1) is 19.5. The molecule has 3 aliphatic heterocycles. The summed E-state index contributed by atoms with van der Waals surface area (Å²) in [4.78, 5) is 40.4. The minimum atomic E-state index is -3.11. The zero-order valence-electron chi connectivity index (χ0n) is 25.3. The van der Waals surface area contributed by atoms with E-state index in [2.05, 4.69) is 9.97 Å². The molecule has 0 radical (unpaired) electrons. The van der Waals surface area contributed by atoms with Gasteiger partial charge in [0.05, 0.1) is 22.8 Å². The summed E-state index contributed by atoms with van der Waals surface area (Å²) in [7, 11) is -3.11. The number of ether oxygens (including phenoxy) is 3. The Morgan fingerprint density at radius 3 is 2.14 bits per heavy atom. The lowest BCUT2D eigenvalue weighted by Crippen LogP contribution is -2.50. The fourth-order valence-corrected chi connectivity index (χ4v) is 6.40. The zero-order valence-corrected chi connectivity index (χ0v) is 26.1. The van der Waals surface area contributed by atoms with Crippen LogP contribution in [-0.4, -0.2) is 84.4 Å². The van der Waals surface area contributed by atoms with Gasteiger partial charge in [0.2, 0.25) is 0 Å². The number of carbonyl (C=O) groups excluding carboxylic acids is 2. The van der Waals surface area contributed by atoms with Crippen LogP contribution in [0.5, 0.6) is 5.75 Å². The van der Waals surface area contributed by atoms with Gasteiger partial charge in [-0.15, -0.1) is 0 Å². The molecule has 228 valence electrons. The first kappa shape index (κ1) is 29.9. The van der Waals surface area contributed by atoms with Gasteiger partial charge >= 0.3 is 12.2 Å². The molecule has 0 bridgehead atoms. The minimum absolute atomic E-state index is 0.0206. The van der Waals surface area contributed by atoms with E-state index in [0.717, 1.165) is 11.1 Å². The Hall–Kier alpha value is -3.61. The monoisotopic (exact) mass is 601 g/mol. The first-order valence-corrected chi connectivity index (χ1v) is 15.9. The molecule has 2 saturated heterocycles. The maximum absolute atomic E-state index is 13.8. The van der Waals surface area contributed by atoms with Gasteiger partial charge in [0.15, 0.2) is 15.7 Å². The molecule has 0 atom stereocenters. The summed E-state index contributed by atoms with van der Waals surface area (Å²) < 4.78 is 41.9. The van der Waals surface area contributed by atoms with Crippen molar-refractivity contribution in [1.82, 2.24) is 14.9 Å². The van der Waals surface area contributed by atoms with Crippen LogP contribution in [0, 0.1) is 6.92 Å². The van der Waals surface area contributed by atoms with E-state index in [4.69, 9.17) is 14.2 Å². The molecule has 0 aliphatic carbocycles. The van der Waals surface area contributed by atoms with Gasteiger partial charge in [-0.1, -0.05) is 6.07 Å². The van der Waals surface area contributed by atoms with Crippen molar-refractivity contribution in [3.05, 3.63) is 35.2 Å². The number of likely N-dealkylation sites (tertiary alicyclic amines) is 1. The van der Waals surface area contributed by atoms with Crippen molar-refractivity contribution in [2.75, 3.05) is 47.5 Å². The van der Waals surface area contributed by atoms with Gasteiger partial charge in [0, 0.05) is 32.1 Å². The predicted molar refractivity (Wildman–Crippen MR) is 157 cm³/mol. The van der Waals surface area contributed by atoms with Crippen LogP contribution in [0.3, 0.4) is 0 Å². The number of aromatic nitrogens is 2. The van der Waals surface area contributed by atoms with Crippen molar-refractivity contribution in [3.63, 3.8) is 0 Å². The molecule has 3 aliphatic rings. The Morgan fingerprint density at radius 2 is 1.52 bits per heavy atom. The van der Waals surface area contributed by atoms with Crippen molar-refractivity contribution >= 4 is 39.3 Å². The van der Waals surface area contributed by atoms with Crippen molar-refractivity contribution in [2.24, 2.45) is 0 Å². The highest BCUT2D eigenvalue weighted by Crippen LogP contribution is 2.45. The van der Waals surface area contributed by atoms with E-state index in [1.54, 1.807) is 25.7 Å². The third-order valence-electron chi connectivity index (χ3n) is 7.22. The summed E-state index contributed by atoms with van der Waals surface area (Å²) in [6.07, 6.45) is 0.399. The van der Waals surface area contributed by atoms with E-state index in [1.165, 1.54) is 11.2 Å². The highest BCUT2D eigenvalue weighted by atomic mass is 32.2. The number of rotatable bonds is 2. The zero-order chi connectivity index (χ0) is 30.6. The highest BCUT2D eigenvalue weighted by molar-refractivity contribution is 7.91. The van der Waals surface area contributed by atoms with Crippen molar-refractivity contribution in [3.8, 4) is 5.75 Å². The quantitative estimate of drug-likeness (QED) is 0.490. The molecule has 42 heavy (non-hydrogen) atoms. The van der Waals surface area contributed by atoms with E-state index in [1.807, 2.05) is 44.7 Å². The number of sulfone groups is 1. The predicted octanol–water partition coefficient (Wildman–Crippen LogP) is 4.32. The first-order valence-electron chi connectivity index (χ1n) is 14.1. The van der Waals surface area contributed by atoms with Crippen LogP contribution < -0.4 is 14.5 Å². The molecule has 0 spiro atoms. The Morgan fingerprint density at radius 1 is 0.929 bits per heavy atom. The number of fused-ring (bicyclic) bond motifs is 2. The van der Waals surface area contributed by atoms with Gasteiger partial charge in [-0.05, 0) is 65.7 Å². The van der Waals surface area contributed by atoms with Crippen LogP contribution in [0.4, 0.5) is 26.9 Å². The number of amides is 2. The fraction of sp³-hybridized carbons (Fsp3) is 0.586. The second-order valence-corrected chi connectivity index (χ2v) is 15.3. The van der Waals surface area contributed by atoms with E-state index in [-0.39, 0.29) is 43.2 Å². The number of hydrogen-bond donors (Lipinski definition) is 0. The number of benzene rings is 1. The average Bonchev–Trinajstić information content (AvgIpc) is 2.98. The van der Waals surface area contributed by atoms with Crippen molar-refractivity contribution in [1.29, 1.82) is 0 Å². The van der Waals surface area contributed by atoms with Crippen LogP contribution in [0.25, 0.3) is 0 Å². The summed E-state index contributed by atoms with van der Waals surface area (Å²) in [5.41, 5.74) is 1.46. The number of anilines is 3. The van der Waals surface area contributed by atoms with E-state index >= 15 is 0 Å². The maximum Gasteiger partial charge on any atom is 0.420 e. The second-order valence-electron chi connectivity index (χ2n) is 13.0. The Balaban J connectivity index is 1.52. The molecule has 0 N–H and O–H groups in total. The Kier molecular flexibility index (Phi) is 7.53. The third kappa shape index (κ3) is 6.25. The van der Waals surface area contributed by atoms with Gasteiger partial charge in [0.1, 0.15) is 35.7 Å². The standard InChI is InChI=1S/C29H39N5O7S/c1-18-12-19(20-14-33(15-20)26(35)40-28(2,3)4)13-22-23(18)39-16-21-24(32-8-10-42(37,38)11-9-32)30-17-31-25(21)34(22)27(36)41-29(5,6)7/h12-13,17,20H,8-11,14-16H2,1-7H3. The molecular weight excluding hydrogens is 562 g/mol. The number of carbonyl (C=O) groups is 2. The van der Waals surface area contributed by atoms with Crippen LogP contribution in [0.1, 0.15) is 64.2 Å². The summed E-state index contributed by atoms with van der Waals surface area (Å²) in [5.74, 6) is 1.45. The lowest BCUT2D eigenvalue weighted by molar-refractivity contribution is 0.00818. The molecule has 13 heteroatoms. The smallest absolute Gasteiger partial charge is 0.420 e. The topological polar surface area (TPSA) is 131 Å². The normalized spacial score (nSPS) is 18.7. The molecule has 0 saturated carbocycles. The van der Waals surface area contributed by atoms with Crippen molar-refractivity contribution < 1.29 is 32.2 Å². The minimum Gasteiger partial charge on any atom is -0.486 e. The summed E-state index contributed by atoms with van der Waals surface area (Å²) in [5, 5.41) is 0. The molecule has 1 aromatic carbocycles. The molecule has 12 nitrogen and oxygen atoms in total. The maximum atomic E-state index is 13.8. The average molecular weight is 602 g/mol. The van der Waals surface area contributed by atoms with Crippen LogP contribution >= 0.6 is 0 Å². The molecule has 2 amide bonds.